The van der Waals surface area contributed by atoms with Crippen molar-refractivity contribution in [2.45, 2.75) is 13.5 Å². The number of para-hydroxylation sites is 1. The Morgan fingerprint density at radius 2 is 2.06 bits per heavy atom. The van der Waals surface area contributed by atoms with E-state index in [0.717, 1.165) is 6.54 Å². The Morgan fingerprint density at radius 1 is 1.19 bits per heavy atom. The number of aromatic amines is 1. The van der Waals surface area contributed by atoms with Gasteiger partial charge in [0.1, 0.15) is 0 Å². The maximum Gasteiger partial charge on any atom is 0.0486 e. The Morgan fingerprint density at radius 3 is 2.81 bits per heavy atom. The number of nitrogens with one attached hydrogen (secondary N) is 1. The molecule has 1 aromatic carbocycles. The van der Waals surface area contributed by atoms with E-state index in [1.54, 1.807) is 0 Å². The number of rotatable bonds is 2. The predicted octanol–water partition coefficient (Wildman–Crippen LogP) is 3.66. The van der Waals surface area contributed by atoms with E-state index in [4.69, 9.17) is 0 Å². The van der Waals surface area contributed by atoms with Crippen molar-refractivity contribution in [3.63, 3.8) is 0 Å². The van der Waals surface area contributed by atoms with Crippen molar-refractivity contribution in [2.75, 3.05) is 0 Å². The molecule has 0 aliphatic carbocycles. The Labute approximate surface area is 94.5 Å². The minimum atomic E-state index is 1.00. The van der Waals surface area contributed by atoms with Crippen LogP contribution in [0.5, 0.6) is 0 Å². The molecule has 0 saturated carbocycles. The molecule has 1 N–H and O–H groups in total. The second-order valence-corrected chi connectivity index (χ2v) is 3.95. The summed E-state index contributed by atoms with van der Waals surface area (Å²) in [5.41, 5.74) is 3.86. The number of fused-ring (bicyclic) bond motifs is 1. The summed E-state index contributed by atoms with van der Waals surface area (Å²) < 4.78 is 2.29. The maximum atomic E-state index is 3.11. The van der Waals surface area contributed by atoms with Gasteiger partial charge in [-0.1, -0.05) is 18.2 Å². The minimum absolute atomic E-state index is 1.00. The third kappa shape index (κ3) is 1.27. The number of hydrogen-bond acceptors (Lipinski definition) is 0. The first-order valence-electron chi connectivity index (χ1n) is 5.61. The molecule has 2 nitrogen and oxygen atoms in total. The monoisotopic (exact) mass is 210 g/mol. The summed E-state index contributed by atoms with van der Waals surface area (Å²) in [6, 6.07) is 10.7. The topological polar surface area (TPSA) is 20.7 Å². The van der Waals surface area contributed by atoms with Crippen LogP contribution in [-0.4, -0.2) is 9.55 Å². The lowest BCUT2D eigenvalue weighted by Crippen LogP contribution is -1.89. The molecule has 0 spiro atoms. The number of hydrogen-bond donors (Lipinski definition) is 1. The molecular weight excluding hydrogens is 196 g/mol. The van der Waals surface area contributed by atoms with Gasteiger partial charge in [0.05, 0.1) is 0 Å². The molecule has 3 rings (SSSR count). The molecule has 0 saturated heterocycles. The van der Waals surface area contributed by atoms with Gasteiger partial charge in [-0.15, -0.1) is 0 Å². The van der Waals surface area contributed by atoms with Gasteiger partial charge in [-0.05, 0) is 19.1 Å². The zero-order chi connectivity index (χ0) is 11.0. The molecule has 16 heavy (non-hydrogen) atoms. The van der Waals surface area contributed by atoms with Crippen molar-refractivity contribution in [1.29, 1.82) is 0 Å². The Bertz CT molecular complexity index is 603. The first kappa shape index (κ1) is 9.28. The van der Waals surface area contributed by atoms with Crippen LogP contribution in [0.25, 0.3) is 22.0 Å². The third-order valence-corrected chi connectivity index (χ3v) is 3.04. The van der Waals surface area contributed by atoms with Crippen molar-refractivity contribution in [3.05, 3.63) is 48.9 Å². The van der Waals surface area contributed by atoms with Gasteiger partial charge >= 0.3 is 0 Å². The summed E-state index contributed by atoms with van der Waals surface area (Å²) in [4.78, 5) is 3.11. The fraction of sp³-hybridized carbons (Fsp3) is 0.143. The summed E-state index contributed by atoms with van der Waals surface area (Å²) in [6.45, 7) is 3.18. The first-order valence-corrected chi connectivity index (χ1v) is 5.61. The zero-order valence-electron chi connectivity index (χ0n) is 9.27. The van der Waals surface area contributed by atoms with E-state index in [1.807, 2.05) is 12.4 Å². The van der Waals surface area contributed by atoms with Crippen molar-refractivity contribution >= 4 is 10.9 Å². The molecule has 0 fully saturated rings. The molecular formula is C14H14N2. The van der Waals surface area contributed by atoms with Crippen LogP contribution >= 0.6 is 0 Å². The summed E-state index contributed by atoms with van der Waals surface area (Å²) in [7, 11) is 0. The normalized spacial score (nSPS) is 11.1. The summed E-state index contributed by atoms with van der Waals surface area (Å²) in [6.07, 6.45) is 6.24. The van der Waals surface area contributed by atoms with Crippen molar-refractivity contribution < 1.29 is 0 Å². The second-order valence-electron chi connectivity index (χ2n) is 3.95. The molecule has 0 bridgehead atoms. The molecule has 0 amide bonds. The number of nitrogens with zero attached hydrogens (tertiary/aromatic N) is 1. The lowest BCUT2D eigenvalue weighted by molar-refractivity contribution is 0.798. The van der Waals surface area contributed by atoms with E-state index < -0.39 is 0 Å². The molecule has 2 heteroatoms. The Hall–Kier alpha value is -1.96. The van der Waals surface area contributed by atoms with E-state index >= 15 is 0 Å². The zero-order valence-corrected chi connectivity index (χ0v) is 9.27. The minimum Gasteiger partial charge on any atom is -0.367 e. The highest BCUT2D eigenvalue weighted by Gasteiger charge is 2.08. The Kier molecular flexibility index (Phi) is 2.07. The van der Waals surface area contributed by atoms with E-state index in [-0.39, 0.29) is 0 Å². The van der Waals surface area contributed by atoms with Crippen LogP contribution in [0, 0.1) is 0 Å². The fourth-order valence-electron chi connectivity index (χ4n) is 2.23. The van der Waals surface area contributed by atoms with E-state index in [0.29, 0.717) is 0 Å². The van der Waals surface area contributed by atoms with Gasteiger partial charge in [-0.25, -0.2) is 0 Å². The number of aromatic nitrogens is 2. The molecule has 80 valence electrons. The lowest BCUT2D eigenvalue weighted by atomic mass is 10.1. The van der Waals surface area contributed by atoms with Crippen LogP contribution < -0.4 is 0 Å². The van der Waals surface area contributed by atoms with Crippen LogP contribution in [0.3, 0.4) is 0 Å². The molecule has 0 aliphatic heterocycles. The fourth-order valence-corrected chi connectivity index (χ4v) is 2.23. The smallest absolute Gasteiger partial charge is 0.0486 e. The summed E-state index contributed by atoms with van der Waals surface area (Å²) in [5, 5.41) is 1.32. The Balaban J connectivity index is 2.33. The van der Waals surface area contributed by atoms with Crippen molar-refractivity contribution in [2.24, 2.45) is 0 Å². The highest BCUT2D eigenvalue weighted by molar-refractivity contribution is 5.95. The van der Waals surface area contributed by atoms with Crippen LogP contribution in [0.1, 0.15) is 6.92 Å². The third-order valence-electron chi connectivity index (χ3n) is 3.04. The van der Waals surface area contributed by atoms with Gasteiger partial charge in [0.2, 0.25) is 0 Å². The highest BCUT2D eigenvalue weighted by Crippen LogP contribution is 2.30. The summed E-state index contributed by atoms with van der Waals surface area (Å²) in [5.74, 6) is 0. The van der Waals surface area contributed by atoms with Gasteiger partial charge in [0, 0.05) is 47.2 Å². The van der Waals surface area contributed by atoms with Gasteiger partial charge in [0.25, 0.3) is 0 Å². The van der Waals surface area contributed by atoms with Crippen LogP contribution in [0.15, 0.2) is 48.9 Å². The largest absolute Gasteiger partial charge is 0.367 e. The quantitative estimate of drug-likeness (QED) is 0.666. The SMILES string of the molecule is CCn1cc(-c2cc[nH]c2)c2ccccc21. The van der Waals surface area contributed by atoms with Gasteiger partial charge < -0.3 is 9.55 Å². The molecule has 0 unspecified atom stereocenters. The highest BCUT2D eigenvalue weighted by atomic mass is 14.9. The van der Waals surface area contributed by atoms with E-state index in [2.05, 4.69) is 53.0 Å². The van der Waals surface area contributed by atoms with E-state index in [9.17, 15) is 0 Å². The van der Waals surface area contributed by atoms with Gasteiger partial charge in [0.15, 0.2) is 0 Å². The van der Waals surface area contributed by atoms with E-state index in [1.165, 1.54) is 22.0 Å². The average molecular weight is 210 g/mol. The van der Waals surface area contributed by atoms with Crippen LogP contribution in [0.2, 0.25) is 0 Å². The van der Waals surface area contributed by atoms with Crippen LogP contribution in [-0.2, 0) is 6.54 Å². The molecule has 3 aromatic rings. The molecule has 0 aliphatic rings. The number of aryl methyl sites for hydroxylation is 1. The molecule has 2 heterocycles. The predicted molar refractivity (Wildman–Crippen MR) is 67.4 cm³/mol. The second kappa shape index (κ2) is 3.56. The summed E-state index contributed by atoms with van der Waals surface area (Å²) >= 11 is 0. The van der Waals surface area contributed by atoms with Crippen molar-refractivity contribution in [3.8, 4) is 11.1 Å². The molecule has 0 radical (unpaired) electrons. The molecule has 0 atom stereocenters. The standard InChI is InChI=1S/C14H14N2/c1-2-16-10-13(11-7-8-15-9-11)12-5-3-4-6-14(12)16/h3-10,15H,2H2,1H3. The van der Waals surface area contributed by atoms with Gasteiger partial charge in [-0.2, -0.15) is 0 Å². The number of benzene rings is 1. The van der Waals surface area contributed by atoms with Crippen LogP contribution in [0.4, 0.5) is 0 Å². The van der Waals surface area contributed by atoms with Crippen molar-refractivity contribution in [1.82, 2.24) is 9.55 Å². The maximum absolute atomic E-state index is 3.11. The lowest BCUT2D eigenvalue weighted by Gasteiger charge is -1.97. The first-order chi connectivity index (χ1) is 7.90. The molecule has 2 aromatic heterocycles. The van der Waals surface area contributed by atoms with Gasteiger partial charge in [-0.3, -0.25) is 0 Å². The average Bonchev–Trinajstić information content (AvgIpc) is 2.95. The number of H-pyrrole nitrogens is 1.